The van der Waals surface area contributed by atoms with Gasteiger partial charge in [-0.1, -0.05) is 11.6 Å². The smallest absolute Gasteiger partial charge is 0.229 e. The van der Waals surface area contributed by atoms with Gasteiger partial charge in [-0.05, 0) is 69.5 Å². The maximum Gasteiger partial charge on any atom is 0.229 e. The van der Waals surface area contributed by atoms with Crippen molar-refractivity contribution < 1.29 is 13.9 Å². The maximum absolute atomic E-state index is 13.4. The van der Waals surface area contributed by atoms with Gasteiger partial charge < -0.3 is 4.74 Å². The lowest BCUT2D eigenvalue weighted by molar-refractivity contribution is -0.131. The molecule has 1 aliphatic heterocycles. The molecule has 1 atom stereocenters. The van der Waals surface area contributed by atoms with Crippen LogP contribution in [0.1, 0.15) is 39.5 Å². The number of pyridine rings is 1. The Morgan fingerprint density at radius 2 is 2.03 bits per heavy atom. The van der Waals surface area contributed by atoms with E-state index >= 15 is 0 Å². The van der Waals surface area contributed by atoms with Crippen LogP contribution in [-0.2, 0) is 9.53 Å². The van der Waals surface area contributed by atoms with Crippen LogP contribution in [0.15, 0.2) is 36.4 Å². The molecule has 1 aliphatic rings. The standard InChI is InChI=1S/C21H22ClFN4O2/c1-21(2)11-3-4-15(29-21)12-18(28)26-20-24-16-9-10-17(22)25-19(16)27(20)14-7-5-13(23)6-8-14/h5-10,15H,3-4,11-12H2,1-2H3,(H,24,26,28). The van der Waals surface area contributed by atoms with Gasteiger partial charge in [-0.25, -0.2) is 14.4 Å². The molecule has 6 nitrogen and oxygen atoms in total. The van der Waals surface area contributed by atoms with Crippen molar-refractivity contribution in [1.82, 2.24) is 14.5 Å². The molecule has 0 spiro atoms. The van der Waals surface area contributed by atoms with Gasteiger partial charge in [0.1, 0.15) is 16.5 Å². The number of imidazole rings is 1. The third-order valence-corrected chi connectivity index (χ3v) is 5.22. The van der Waals surface area contributed by atoms with Gasteiger partial charge in [-0.3, -0.25) is 14.7 Å². The lowest BCUT2D eigenvalue weighted by atomic mass is 9.94. The normalized spacial score (nSPS) is 18.7. The highest BCUT2D eigenvalue weighted by molar-refractivity contribution is 6.29. The third-order valence-electron chi connectivity index (χ3n) is 5.01. The van der Waals surface area contributed by atoms with Crippen molar-refractivity contribution in [2.75, 3.05) is 5.32 Å². The van der Waals surface area contributed by atoms with E-state index in [1.807, 2.05) is 13.8 Å². The van der Waals surface area contributed by atoms with Gasteiger partial charge in [-0.2, -0.15) is 0 Å². The minimum atomic E-state index is -0.355. The van der Waals surface area contributed by atoms with Crippen LogP contribution < -0.4 is 5.32 Å². The number of nitrogens with one attached hydrogen (secondary N) is 1. The molecule has 4 rings (SSSR count). The number of nitrogens with zero attached hydrogens (tertiary/aromatic N) is 3. The first-order valence-corrected chi connectivity index (χ1v) is 9.97. The van der Waals surface area contributed by atoms with E-state index < -0.39 is 0 Å². The number of amides is 1. The predicted molar refractivity (Wildman–Crippen MR) is 110 cm³/mol. The second-order valence-electron chi connectivity index (χ2n) is 7.87. The minimum absolute atomic E-state index is 0.130. The molecular formula is C21H22ClFN4O2. The van der Waals surface area contributed by atoms with Crippen molar-refractivity contribution >= 4 is 34.6 Å². The summed E-state index contributed by atoms with van der Waals surface area (Å²) in [6.07, 6.45) is 2.97. The number of ether oxygens (including phenoxy) is 1. The maximum atomic E-state index is 13.4. The summed E-state index contributed by atoms with van der Waals surface area (Å²) in [5.41, 5.74) is 1.46. The van der Waals surface area contributed by atoms with Gasteiger partial charge in [0.15, 0.2) is 5.65 Å². The first-order chi connectivity index (χ1) is 13.8. The number of rotatable bonds is 4. The van der Waals surface area contributed by atoms with Gasteiger partial charge >= 0.3 is 0 Å². The van der Waals surface area contributed by atoms with Crippen molar-refractivity contribution in [3.8, 4) is 5.69 Å². The Balaban J connectivity index is 1.63. The molecular weight excluding hydrogens is 395 g/mol. The molecule has 0 aliphatic carbocycles. The Hall–Kier alpha value is -2.51. The fraction of sp³-hybridized carbons (Fsp3) is 0.381. The van der Waals surface area contributed by atoms with E-state index in [9.17, 15) is 9.18 Å². The largest absolute Gasteiger partial charge is 0.372 e. The van der Waals surface area contributed by atoms with E-state index in [4.69, 9.17) is 16.3 Å². The fourth-order valence-electron chi connectivity index (χ4n) is 3.70. The second kappa shape index (κ2) is 7.72. The monoisotopic (exact) mass is 416 g/mol. The summed E-state index contributed by atoms with van der Waals surface area (Å²) < 4.78 is 21.1. The lowest BCUT2D eigenvalue weighted by Gasteiger charge is -2.35. The minimum Gasteiger partial charge on any atom is -0.372 e. The van der Waals surface area contributed by atoms with Crippen molar-refractivity contribution in [3.63, 3.8) is 0 Å². The van der Waals surface area contributed by atoms with Crippen molar-refractivity contribution in [2.45, 2.75) is 51.2 Å². The van der Waals surface area contributed by atoms with Crippen molar-refractivity contribution in [2.24, 2.45) is 0 Å². The Morgan fingerprint density at radius 3 is 2.76 bits per heavy atom. The highest BCUT2D eigenvalue weighted by Crippen LogP contribution is 2.30. The molecule has 0 bridgehead atoms. The summed E-state index contributed by atoms with van der Waals surface area (Å²) in [5, 5.41) is 3.17. The molecule has 0 radical (unpaired) electrons. The van der Waals surface area contributed by atoms with Gasteiger partial charge in [0, 0.05) is 0 Å². The first kappa shape index (κ1) is 19.8. The number of carbonyl (C=O) groups is 1. The zero-order valence-corrected chi connectivity index (χ0v) is 17.0. The zero-order valence-electron chi connectivity index (χ0n) is 16.3. The van der Waals surface area contributed by atoms with E-state index in [1.165, 1.54) is 12.1 Å². The topological polar surface area (TPSA) is 69.0 Å². The SMILES string of the molecule is CC1(C)CCCC(CC(=O)Nc2nc3ccc(Cl)nc3n2-c2ccc(F)cc2)O1. The Labute approximate surface area is 173 Å². The summed E-state index contributed by atoms with van der Waals surface area (Å²) in [6, 6.07) is 9.25. The van der Waals surface area contributed by atoms with Crippen LogP contribution >= 0.6 is 11.6 Å². The van der Waals surface area contributed by atoms with Gasteiger partial charge in [0.05, 0.1) is 23.8 Å². The van der Waals surface area contributed by atoms with E-state index in [0.717, 1.165) is 19.3 Å². The molecule has 1 aromatic carbocycles. The fourth-order valence-corrected chi connectivity index (χ4v) is 3.85. The van der Waals surface area contributed by atoms with E-state index in [1.54, 1.807) is 28.8 Å². The molecule has 1 unspecified atom stereocenters. The number of fused-ring (bicyclic) bond motifs is 1. The molecule has 2 aromatic heterocycles. The predicted octanol–water partition coefficient (Wildman–Crippen LogP) is 4.89. The Bertz CT molecular complexity index is 1050. The highest BCUT2D eigenvalue weighted by atomic mass is 35.5. The van der Waals surface area contributed by atoms with Gasteiger partial charge in [0.2, 0.25) is 11.9 Å². The Kier molecular flexibility index (Phi) is 5.27. The second-order valence-corrected chi connectivity index (χ2v) is 8.26. The number of halogens is 2. The van der Waals surface area contributed by atoms with Crippen LogP contribution in [0.3, 0.4) is 0 Å². The van der Waals surface area contributed by atoms with E-state index in [2.05, 4.69) is 15.3 Å². The lowest BCUT2D eigenvalue weighted by Crippen LogP contribution is -2.37. The van der Waals surface area contributed by atoms with Crippen LogP contribution in [0.25, 0.3) is 16.9 Å². The van der Waals surface area contributed by atoms with Crippen molar-refractivity contribution in [1.29, 1.82) is 0 Å². The third kappa shape index (κ3) is 4.41. The molecule has 0 saturated carbocycles. The molecule has 1 saturated heterocycles. The van der Waals surface area contributed by atoms with Crippen LogP contribution in [0.4, 0.5) is 10.3 Å². The van der Waals surface area contributed by atoms with Gasteiger partial charge in [0.25, 0.3) is 0 Å². The summed E-state index contributed by atoms with van der Waals surface area (Å²) in [6.45, 7) is 4.08. The molecule has 1 N–H and O–H groups in total. The first-order valence-electron chi connectivity index (χ1n) is 9.59. The molecule has 29 heavy (non-hydrogen) atoms. The number of anilines is 1. The van der Waals surface area contributed by atoms with Crippen LogP contribution in [0.5, 0.6) is 0 Å². The molecule has 1 amide bonds. The number of aromatic nitrogens is 3. The van der Waals surface area contributed by atoms with Crippen LogP contribution in [0, 0.1) is 5.82 Å². The summed E-state index contributed by atoms with van der Waals surface area (Å²) in [5.74, 6) is -0.245. The highest BCUT2D eigenvalue weighted by Gasteiger charge is 2.30. The van der Waals surface area contributed by atoms with E-state index in [0.29, 0.717) is 28.0 Å². The number of benzene rings is 1. The molecule has 152 valence electrons. The average molecular weight is 417 g/mol. The average Bonchev–Trinajstić information content (AvgIpc) is 2.98. The zero-order chi connectivity index (χ0) is 20.6. The summed E-state index contributed by atoms with van der Waals surface area (Å²) in [4.78, 5) is 21.5. The number of hydrogen-bond donors (Lipinski definition) is 1. The van der Waals surface area contributed by atoms with Gasteiger partial charge in [-0.15, -0.1) is 0 Å². The van der Waals surface area contributed by atoms with Crippen LogP contribution in [0.2, 0.25) is 5.15 Å². The number of hydrogen-bond acceptors (Lipinski definition) is 4. The summed E-state index contributed by atoms with van der Waals surface area (Å²) >= 11 is 6.06. The molecule has 8 heteroatoms. The van der Waals surface area contributed by atoms with E-state index in [-0.39, 0.29) is 29.9 Å². The molecule has 3 heterocycles. The Morgan fingerprint density at radius 1 is 1.28 bits per heavy atom. The molecule has 1 fully saturated rings. The number of carbonyl (C=O) groups excluding carboxylic acids is 1. The summed E-state index contributed by atoms with van der Waals surface area (Å²) in [7, 11) is 0. The molecule has 3 aromatic rings. The quantitative estimate of drug-likeness (QED) is 0.615. The van der Waals surface area contributed by atoms with Crippen LogP contribution in [-0.4, -0.2) is 32.1 Å². The van der Waals surface area contributed by atoms with Crippen molar-refractivity contribution in [3.05, 3.63) is 47.4 Å².